The van der Waals surface area contributed by atoms with E-state index in [0.29, 0.717) is 6.61 Å². The molecule has 1 aliphatic heterocycles. The van der Waals surface area contributed by atoms with Crippen molar-refractivity contribution in [3.8, 4) is 5.75 Å². The van der Waals surface area contributed by atoms with Gasteiger partial charge >= 0.3 is 7.12 Å². The Morgan fingerprint density at radius 1 is 0.848 bits per heavy atom. The summed E-state index contributed by atoms with van der Waals surface area (Å²) in [5.41, 5.74) is 7.21. The van der Waals surface area contributed by atoms with Crippen LogP contribution in [-0.4, -0.2) is 40.5 Å². The molecule has 0 aromatic heterocycles. The van der Waals surface area contributed by atoms with Crippen LogP contribution in [0.3, 0.4) is 0 Å². The Hall–Kier alpha value is -2.86. The van der Waals surface area contributed by atoms with Crippen LogP contribution < -0.4 is 15.5 Å². The van der Waals surface area contributed by atoms with E-state index in [9.17, 15) is 0 Å². The molecular formula is C28H32BNO3. The van der Waals surface area contributed by atoms with Gasteiger partial charge in [0.25, 0.3) is 0 Å². The molecule has 1 N–H and O–H groups in total. The van der Waals surface area contributed by atoms with Crippen molar-refractivity contribution in [3.05, 3.63) is 95.6 Å². The van der Waals surface area contributed by atoms with E-state index < -0.39 is 0 Å². The highest BCUT2D eigenvalue weighted by Gasteiger charge is 2.24. The van der Waals surface area contributed by atoms with Crippen LogP contribution in [0.25, 0.3) is 11.1 Å². The fraction of sp³-hybridized carbons (Fsp3) is 0.286. The molecule has 4 rings (SSSR count). The van der Waals surface area contributed by atoms with Crippen molar-refractivity contribution < 1.29 is 14.0 Å². The maximum atomic E-state index is 5.83. The van der Waals surface area contributed by atoms with Gasteiger partial charge in [-0.25, -0.2) is 0 Å². The number of rotatable bonds is 9. The van der Waals surface area contributed by atoms with E-state index in [1.54, 1.807) is 0 Å². The molecule has 3 aromatic rings. The van der Waals surface area contributed by atoms with Crippen molar-refractivity contribution in [2.75, 3.05) is 33.4 Å². The number of likely N-dealkylation sites (N-methyl/N-ethyl adjacent to an activating group) is 1. The monoisotopic (exact) mass is 441 g/mol. The standard InChI is InChI=1S/C28H32BNO3/c1-3-27(22-8-5-4-6-9-22)28(24-12-16-26(17-13-24)31-21-18-30-2)23-10-14-25(15-11-23)29-32-19-7-20-33-29/h4-6,8-17,30H,3,7,18-21H2,1-2H3/b28-27+. The summed E-state index contributed by atoms with van der Waals surface area (Å²) in [6.07, 6.45) is 1.88. The molecule has 0 atom stereocenters. The predicted octanol–water partition coefficient (Wildman–Crippen LogP) is 4.79. The molecule has 5 heteroatoms. The Balaban J connectivity index is 1.71. The summed E-state index contributed by atoms with van der Waals surface area (Å²) in [6.45, 7) is 5.18. The first-order chi connectivity index (χ1) is 16.3. The van der Waals surface area contributed by atoms with Gasteiger partial charge in [0, 0.05) is 19.8 Å². The van der Waals surface area contributed by atoms with Crippen LogP contribution in [0.4, 0.5) is 0 Å². The van der Waals surface area contributed by atoms with Gasteiger partial charge in [-0.15, -0.1) is 0 Å². The van der Waals surface area contributed by atoms with Gasteiger partial charge < -0.3 is 19.4 Å². The zero-order chi connectivity index (χ0) is 22.9. The van der Waals surface area contributed by atoms with E-state index in [-0.39, 0.29) is 7.12 Å². The molecule has 3 aromatic carbocycles. The third-order valence-corrected chi connectivity index (χ3v) is 5.84. The molecule has 33 heavy (non-hydrogen) atoms. The maximum Gasteiger partial charge on any atom is 0.493 e. The molecule has 0 amide bonds. The van der Waals surface area contributed by atoms with Crippen molar-refractivity contribution in [3.63, 3.8) is 0 Å². The predicted molar refractivity (Wildman–Crippen MR) is 137 cm³/mol. The zero-order valence-electron chi connectivity index (χ0n) is 19.6. The second kappa shape index (κ2) is 11.8. The molecule has 0 spiro atoms. The number of allylic oxidation sites excluding steroid dienone is 1. The molecule has 1 aliphatic rings. The molecule has 0 aliphatic carbocycles. The highest BCUT2D eigenvalue weighted by Crippen LogP contribution is 2.34. The van der Waals surface area contributed by atoms with E-state index in [0.717, 1.165) is 43.8 Å². The van der Waals surface area contributed by atoms with Gasteiger partial charge in [-0.05, 0) is 65.3 Å². The summed E-state index contributed by atoms with van der Waals surface area (Å²) in [7, 11) is 1.66. The highest BCUT2D eigenvalue weighted by molar-refractivity contribution is 6.61. The van der Waals surface area contributed by atoms with Gasteiger partial charge in [-0.2, -0.15) is 0 Å². The minimum atomic E-state index is -0.269. The first-order valence-corrected chi connectivity index (χ1v) is 11.8. The van der Waals surface area contributed by atoms with Crippen molar-refractivity contribution in [2.45, 2.75) is 19.8 Å². The van der Waals surface area contributed by atoms with Gasteiger partial charge in [0.05, 0.1) is 0 Å². The van der Waals surface area contributed by atoms with Crippen molar-refractivity contribution in [1.29, 1.82) is 0 Å². The van der Waals surface area contributed by atoms with Gasteiger partial charge in [0.2, 0.25) is 0 Å². The first-order valence-electron chi connectivity index (χ1n) is 11.8. The van der Waals surface area contributed by atoms with Gasteiger partial charge in [-0.3, -0.25) is 0 Å². The average molecular weight is 441 g/mol. The second-order valence-corrected chi connectivity index (χ2v) is 8.10. The SMILES string of the molecule is CC/C(=C(\c1ccc(OCCNC)cc1)c1ccc(B2OCCCO2)cc1)c1ccccc1. The number of nitrogens with one attached hydrogen (secondary N) is 1. The zero-order valence-corrected chi connectivity index (χ0v) is 19.6. The summed E-state index contributed by atoms with van der Waals surface area (Å²) in [4.78, 5) is 0. The largest absolute Gasteiger partial charge is 0.493 e. The van der Waals surface area contributed by atoms with Crippen LogP contribution in [0, 0.1) is 0 Å². The van der Waals surface area contributed by atoms with Gasteiger partial charge in [-0.1, -0.05) is 73.7 Å². The van der Waals surface area contributed by atoms with Crippen LogP contribution in [0.15, 0.2) is 78.9 Å². The third kappa shape index (κ3) is 5.94. The summed E-state index contributed by atoms with van der Waals surface area (Å²) in [6, 6.07) is 27.7. The van der Waals surface area contributed by atoms with Gasteiger partial charge in [0.15, 0.2) is 0 Å². The lowest BCUT2D eigenvalue weighted by Crippen LogP contribution is -2.40. The fourth-order valence-corrected chi connectivity index (χ4v) is 4.16. The lowest BCUT2D eigenvalue weighted by molar-refractivity contribution is 0.143. The Kier molecular flexibility index (Phi) is 8.37. The third-order valence-electron chi connectivity index (χ3n) is 5.84. The normalized spacial score (nSPS) is 14.7. The van der Waals surface area contributed by atoms with Crippen molar-refractivity contribution in [1.82, 2.24) is 5.32 Å². The molecule has 0 bridgehead atoms. The van der Waals surface area contributed by atoms with E-state index in [2.05, 4.69) is 91.1 Å². The summed E-state index contributed by atoms with van der Waals surface area (Å²) >= 11 is 0. The second-order valence-electron chi connectivity index (χ2n) is 8.10. The number of hydrogen-bond donors (Lipinski definition) is 1. The Morgan fingerprint density at radius 2 is 1.48 bits per heavy atom. The molecule has 1 saturated heterocycles. The Morgan fingerprint density at radius 3 is 2.09 bits per heavy atom. The summed E-state index contributed by atoms with van der Waals surface area (Å²) in [5, 5.41) is 3.11. The van der Waals surface area contributed by atoms with Gasteiger partial charge in [0.1, 0.15) is 12.4 Å². The number of benzene rings is 3. The molecular weight excluding hydrogens is 409 g/mol. The molecule has 170 valence electrons. The Labute approximate surface area is 197 Å². The fourth-order valence-electron chi connectivity index (χ4n) is 4.16. The summed E-state index contributed by atoms with van der Waals surface area (Å²) < 4.78 is 17.4. The first kappa shape index (κ1) is 23.3. The molecule has 0 radical (unpaired) electrons. The van der Waals surface area contributed by atoms with Crippen LogP contribution in [-0.2, 0) is 9.31 Å². The lowest BCUT2D eigenvalue weighted by atomic mass is 9.77. The minimum absolute atomic E-state index is 0.269. The number of hydrogen-bond acceptors (Lipinski definition) is 4. The van der Waals surface area contributed by atoms with Crippen molar-refractivity contribution >= 4 is 23.7 Å². The van der Waals surface area contributed by atoms with Crippen LogP contribution in [0.5, 0.6) is 5.75 Å². The topological polar surface area (TPSA) is 39.7 Å². The van der Waals surface area contributed by atoms with Crippen LogP contribution in [0.2, 0.25) is 0 Å². The molecule has 0 unspecified atom stereocenters. The van der Waals surface area contributed by atoms with E-state index in [1.807, 2.05) is 7.05 Å². The molecule has 1 heterocycles. The smallest absolute Gasteiger partial charge is 0.492 e. The minimum Gasteiger partial charge on any atom is -0.492 e. The average Bonchev–Trinajstić information content (AvgIpc) is 2.89. The maximum absolute atomic E-state index is 5.83. The number of ether oxygens (including phenoxy) is 1. The molecule has 0 saturated carbocycles. The van der Waals surface area contributed by atoms with E-state index in [1.165, 1.54) is 27.8 Å². The van der Waals surface area contributed by atoms with E-state index >= 15 is 0 Å². The van der Waals surface area contributed by atoms with Crippen LogP contribution >= 0.6 is 0 Å². The molecule has 1 fully saturated rings. The highest BCUT2D eigenvalue weighted by atomic mass is 16.6. The lowest BCUT2D eigenvalue weighted by Gasteiger charge is -2.21. The van der Waals surface area contributed by atoms with E-state index in [4.69, 9.17) is 14.0 Å². The quantitative estimate of drug-likeness (QED) is 0.295. The van der Waals surface area contributed by atoms with Crippen molar-refractivity contribution in [2.24, 2.45) is 0 Å². The van der Waals surface area contributed by atoms with Crippen LogP contribution in [0.1, 0.15) is 36.5 Å². The summed E-state index contributed by atoms with van der Waals surface area (Å²) in [5.74, 6) is 0.882. The Bertz CT molecular complexity index is 1030. The molecule has 4 nitrogen and oxygen atoms in total.